The number of rotatable bonds is 3. The zero-order valence-corrected chi connectivity index (χ0v) is 9.42. The highest BCUT2D eigenvalue weighted by atomic mass is 19.4. The summed E-state index contributed by atoms with van der Waals surface area (Å²) in [6.45, 7) is 1.42. The van der Waals surface area contributed by atoms with Gasteiger partial charge in [-0.1, -0.05) is 0 Å². The predicted molar refractivity (Wildman–Crippen MR) is 56.4 cm³/mol. The molecule has 1 unspecified atom stereocenters. The molecule has 0 bridgehead atoms. The molecule has 0 radical (unpaired) electrons. The van der Waals surface area contributed by atoms with Gasteiger partial charge in [0, 0.05) is 13.1 Å². The summed E-state index contributed by atoms with van der Waals surface area (Å²) in [4.78, 5) is 1.38. The monoisotopic (exact) mass is 251 g/mol. The molecule has 1 aromatic rings. The molecular weight excluding hydrogens is 238 g/mol. The Hall–Kier alpha value is -1.30. The minimum Gasteiger partial charge on any atom is -0.394 e. The number of likely N-dealkylation sites (N-methyl/N-ethyl adjacent to an activating group) is 1. The number of anilines is 1. The number of benzene rings is 1. The van der Waals surface area contributed by atoms with E-state index in [2.05, 4.69) is 0 Å². The van der Waals surface area contributed by atoms with Crippen LogP contribution in [0.25, 0.3) is 0 Å². The van der Waals surface area contributed by atoms with E-state index in [0.29, 0.717) is 6.07 Å². The molecule has 17 heavy (non-hydrogen) atoms. The first-order chi connectivity index (χ1) is 7.77. The molecular formula is C11H13F4NO. The van der Waals surface area contributed by atoms with E-state index >= 15 is 0 Å². The summed E-state index contributed by atoms with van der Waals surface area (Å²) < 4.78 is 50.4. The molecule has 1 aromatic carbocycles. The average Bonchev–Trinajstić information content (AvgIpc) is 2.25. The highest BCUT2D eigenvalue weighted by Crippen LogP contribution is 2.32. The van der Waals surface area contributed by atoms with Gasteiger partial charge in [-0.15, -0.1) is 0 Å². The summed E-state index contributed by atoms with van der Waals surface area (Å²) in [5.74, 6) is -0.956. The molecule has 1 N–H and O–H groups in total. The summed E-state index contributed by atoms with van der Waals surface area (Å²) in [5, 5.41) is 8.90. The molecule has 0 heterocycles. The summed E-state index contributed by atoms with van der Waals surface area (Å²) in [5.41, 5.74) is -0.997. The Bertz CT molecular complexity index is 392. The molecule has 0 saturated carbocycles. The fraction of sp³-hybridized carbons (Fsp3) is 0.455. The smallest absolute Gasteiger partial charge is 0.394 e. The Kier molecular flexibility index (Phi) is 3.98. The summed E-state index contributed by atoms with van der Waals surface area (Å²) in [7, 11) is 1.51. The van der Waals surface area contributed by atoms with Gasteiger partial charge in [0.1, 0.15) is 5.82 Å². The van der Waals surface area contributed by atoms with E-state index in [-0.39, 0.29) is 18.3 Å². The first kappa shape index (κ1) is 13.8. The molecule has 0 fully saturated rings. The normalized spacial score (nSPS) is 13.6. The van der Waals surface area contributed by atoms with Gasteiger partial charge in [-0.3, -0.25) is 0 Å². The second-order valence-electron chi connectivity index (χ2n) is 3.81. The van der Waals surface area contributed by atoms with Gasteiger partial charge in [-0.25, -0.2) is 4.39 Å². The molecule has 6 heteroatoms. The lowest BCUT2D eigenvalue weighted by molar-refractivity contribution is -0.137. The zero-order valence-electron chi connectivity index (χ0n) is 9.42. The summed E-state index contributed by atoms with van der Waals surface area (Å²) in [6, 6.07) is 1.96. The van der Waals surface area contributed by atoms with Crippen LogP contribution in [0.3, 0.4) is 0 Å². The minimum atomic E-state index is -4.56. The number of alkyl halides is 3. The van der Waals surface area contributed by atoms with Gasteiger partial charge in [0.15, 0.2) is 0 Å². The molecule has 96 valence electrons. The number of hydrogen-bond donors (Lipinski definition) is 1. The van der Waals surface area contributed by atoms with Gasteiger partial charge < -0.3 is 10.0 Å². The van der Waals surface area contributed by atoms with E-state index in [4.69, 9.17) is 5.11 Å². The lowest BCUT2D eigenvalue weighted by Gasteiger charge is -2.26. The number of hydrogen-bond acceptors (Lipinski definition) is 2. The number of halogens is 4. The number of aliphatic hydroxyl groups is 1. The van der Waals surface area contributed by atoms with Crippen molar-refractivity contribution in [3.8, 4) is 0 Å². The van der Waals surface area contributed by atoms with Crippen molar-refractivity contribution in [2.24, 2.45) is 0 Å². The van der Waals surface area contributed by atoms with Gasteiger partial charge in [-0.05, 0) is 25.1 Å². The maximum absolute atomic E-state index is 13.5. The van der Waals surface area contributed by atoms with Crippen LogP contribution in [0, 0.1) is 5.82 Å². The fourth-order valence-corrected chi connectivity index (χ4v) is 1.33. The van der Waals surface area contributed by atoms with Crippen LogP contribution in [0.2, 0.25) is 0 Å². The van der Waals surface area contributed by atoms with E-state index in [1.165, 1.54) is 11.9 Å². The molecule has 1 rings (SSSR count). The first-order valence-electron chi connectivity index (χ1n) is 4.97. The Morgan fingerprint density at radius 1 is 1.35 bits per heavy atom. The Labute approximate surface area is 96.5 Å². The third-order valence-electron chi connectivity index (χ3n) is 2.58. The first-order valence-corrected chi connectivity index (χ1v) is 4.97. The van der Waals surface area contributed by atoms with Crippen LogP contribution in [-0.2, 0) is 6.18 Å². The average molecular weight is 251 g/mol. The van der Waals surface area contributed by atoms with E-state index in [9.17, 15) is 17.6 Å². The maximum Gasteiger partial charge on any atom is 0.416 e. The van der Waals surface area contributed by atoms with E-state index in [1.807, 2.05) is 0 Å². The predicted octanol–water partition coefficient (Wildman–Crippen LogP) is 2.66. The van der Waals surface area contributed by atoms with Crippen LogP contribution < -0.4 is 4.90 Å². The lowest BCUT2D eigenvalue weighted by atomic mass is 10.1. The second-order valence-corrected chi connectivity index (χ2v) is 3.81. The van der Waals surface area contributed by atoms with Crippen molar-refractivity contribution >= 4 is 5.69 Å². The topological polar surface area (TPSA) is 23.5 Å². The van der Waals surface area contributed by atoms with Crippen molar-refractivity contribution in [3.05, 3.63) is 29.6 Å². The van der Waals surface area contributed by atoms with Gasteiger partial charge in [-0.2, -0.15) is 13.2 Å². The van der Waals surface area contributed by atoms with E-state index < -0.39 is 17.6 Å². The van der Waals surface area contributed by atoms with E-state index in [0.717, 1.165) is 12.1 Å². The summed E-state index contributed by atoms with van der Waals surface area (Å²) >= 11 is 0. The SMILES string of the molecule is CC(CO)N(C)c1ccc(C(F)(F)F)cc1F. The molecule has 1 atom stereocenters. The highest BCUT2D eigenvalue weighted by Gasteiger charge is 2.31. The second kappa shape index (κ2) is 4.91. The van der Waals surface area contributed by atoms with Crippen molar-refractivity contribution in [2.45, 2.75) is 19.1 Å². The third kappa shape index (κ3) is 3.09. The van der Waals surface area contributed by atoms with Crippen molar-refractivity contribution in [1.82, 2.24) is 0 Å². The maximum atomic E-state index is 13.5. The quantitative estimate of drug-likeness (QED) is 0.835. The highest BCUT2D eigenvalue weighted by molar-refractivity contribution is 5.49. The molecule has 2 nitrogen and oxygen atoms in total. The van der Waals surface area contributed by atoms with E-state index in [1.54, 1.807) is 6.92 Å². The van der Waals surface area contributed by atoms with Gasteiger partial charge in [0.05, 0.1) is 17.9 Å². The Morgan fingerprint density at radius 2 is 1.94 bits per heavy atom. The zero-order chi connectivity index (χ0) is 13.2. The molecule has 0 spiro atoms. The molecule has 0 saturated heterocycles. The van der Waals surface area contributed by atoms with Crippen LogP contribution in [0.5, 0.6) is 0 Å². The standard InChI is InChI=1S/C11H13F4NO/c1-7(6-17)16(2)10-4-3-8(5-9(10)12)11(13,14)15/h3-5,7,17H,6H2,1-2H3. The molecule has 0 aliphatic rings. The van der Waals surface area contributed by atoms with Crippen LogP contribution in [0.1, 0.15) is 12.5 Å². The third-order valence-corrected chi connectivity index (χ3v) is 2.58. The molecule has 0 aliphatic heterocycles. The van der Waals surface area contributed by atoms with Crippen molar-refractivity contribution in [3.63, 3.8) is 0 Å². The van der Waals surface area contributed by atoms with Crippen LogP contribution in [0.4, 0.5) is 23.2 Å². The van der Waals surface area contributed by atoms with Gasteiger partial charge in [0.25, 0.3) is 0 Å². The minimum absolute atomic E-state index is 0.0274. The van der Waals surface area contributed by atoms with Crippen molar-refractivity contribution in [2.75, 3.05) is 18.6 Å². The lowest BCUT2D eigenvalue weighted by Crippen LogP contribution is -2.32. The van der Waals surface area contributed by atoms with Crippen LogP contribution in [-0.4, -0.2) is 24.8 Å². The van der Waals surface area contributed by atoms with Gasteiger partial charge >= 0.3 is 6.18 Å². The molecule has 0 aromatic heterocycles. The summed E-state index contributed by atoms with van der Waals surface area (Å²) in [6.07, 6.45) is -4.56. The molecule has 0 amide bonds. The number of nitrogens with zero attached hydrogens (tertiary/aromatic N) is 1. The van der Waals surface area contributed by atoms with Crippen molar-refractivity contribution < 1.29 is 22.7 Å². The largest absolute Gasteiger partial charge is 0.416 e. The fourth-order valence-electron chi connectivity index (χ4n) is 1.33. The Morgan fingerprint density at radius 3 is 2.35 bits per heavy atom. The Balaban J connectivity index is 3.06. The van der Waals surface area contributed by atoms with Gasteiger partial charge in [0.2, 0.25) is 0 Å². The molecule has 0 aliphatic carbocycles. The van der Waals surface area contributed by atoms with Crippen molar-refractivity contribution in [1.29, 1.82) is 0 Å². The number of aliphatic hydroxyl groups excluding tert-OH is 1. The van der Waals surface area contributed by atoms with Crippen LogP contribution >= 0.6 is 0 Å². The van der Waals surface area contributed by atoms with Crippen LogP contribution in [0.15, 0.2) is 18.2 Å².